The summed E-state index contributed by atoms with van der Waals surface area (Å²) in [6.45, 7) is 3.05. The topological polar surface area (TPSA) is 107 Å². The predicted molar refractivity (Wildman–Crippen MR) is 101 cm³/mol. The van der Waals surface area contributed by atoms with E-state index in [2.05, 4.69) is 15.1 Å². The second-order valence-electron chi connectivity index (χ2n) is 6.90. The Balaban J connectivity index is 2.04. The Hall–Kier alpha value is -3.63. The number of fused-ring (bicyclic) bond motifs is 1. The molecule has 4 aromatic rings. The first-order chi connectivity index (χ1) is 14.1. The second kappa shape index (κ2) is 7.01. The van der Waals surface area contributed by atoms with Crippen molar-refractivity contribution in [1.29, 1.82) is 0 Å². The van der Waals surface area contributed by atoms with Gasteiger partial charge in [-0.1, -0.05) is 0 Å². The van der Waals surface area contributed by atoms with Crippen molar-refractivity contribution in [3.05, 3.63) is 52.4 Å². The molecular formula is C19H18F3N6O2+. The first-order valence-corrected chi connectivity index (χ1v) is 9.04. The molecule has 0 unspecified atom stereocenters. The number of halogens is 3. The molecule has 0 aromatic carbocycles. The van der Waals surface area contributed by atoms with E-state index in [1.54, 1.807) is 24.3 Å². The number of nitrogens with one attached hydrogen (secondary N) is 1. The molecule has 0 aliphatic rings. The van der Waals surface area contributed by atoms with Crippen molar-refractivity contribution in [3.63, 3.8) is 0 Å². The number of aromatic amines is 1. The van der Waals surface area contributed by atoms with Crippen molar-refractivity contribution in [1.82, 2.24) is 19.7 Å². The highest BCUT2D eigenvalue weighted by Gasteiger charge is 2.31. The van der Waals surface area contributed by atoms with Crippen molar-refractivity contribution in [3.8, 4) is 22.6 Å². The minimum atomic E-state index is -4.41. The number of hydrogen-bond donors (Lipinski definition) is 2. The quantitative estimate of drug-likeness (QED) is 0.495. The molecule has 4 aromatic heterocycles. The van der Waals surface area contributed by atoms with Crippen molar-refractivity contribution in [2.24, 2.45) is 0 Å². The van der Waals surface area contributed by atoms with Gasteiger partial charge in [0, 0.05) is 11.4 Å². The van der Waals surface area contributed by atoms with E-state index >= 15 is 0 Å². The zero-order valence-corrected chi connectivity index (χ0v) is 16.1. The Morgan fingerprint density at radius 1 is 1.23 bits per heavy atom. The highest BCUT2D eigenvalue weighted by atomic mass is 19.4. The van der Waals surface area contributed by atoms with Gasteiger partial charge in [-0.2, -0.15) is 17.9 Å². The Morgan fingerprint density at radius 3 is 2.53 bits per heavy atom. The summed E-state index contributed by atoms with van der Waals surface area (Å²) in [5, 5.41) is 2.77. The number of H-pyrrole nitrogens is 1. The summed E-state index contributed by atoms with van der Waals surface area (Å²) >= 11 is 0. The molecule has 8 nitrogen and oxygen atoms in total. The minimum Gasteiger partial charge on any atom is -0.462 e. The molecule has 0 saturated carbocycles. The third kappa shape index (κ3) is 3.53. The third-order valence-electron chi connectivity index (χ3n) is 4.56. The molecule has 11 heteroatoms. The van der Waals surface area contributed by atoms with Crippen LogP contribution in [0.5, 0.6) is 0 Å². The molecule has 30 heavy (non-hydrogen) atoms. The number of hydrogen-bond acceptors (Lipinski definition) is 5. The van der Waals surface area contributed by atoms with E-state index in [0.717, 1.165) is 20.5 Å². The summed E-state index contributed by atoms with van der Waals surface area (Å²) in [4.78, 5) is 21.4. The molecule has 0 saturated heterocycles. The van der Waals surface area contributed by atoms with Crippen LogP contribution >= 0.6 is 0 Å². The third-order valence-corrected chi connectivity index (χ3v) is 4.56. The number of rotatable bonds is 4. The van der Waals surface area contributed by atoms with Crippen LogP contribution in [0.2, 0.25) is 0 Å². The van der Waals surface area contributed by atoms with Gasteiger partial charge in [0.15, 0.2) is 11.5 Å². The monoisotopic (exact) mass is 419 g/mol. The lowest BCUT2D eigenvalue weighted by molar-refractivity contribution is -0.516. The van der Waals surface area contributed by atoms with Gasteiger partial charge in [-0.3, -0.25) is 4.98 Å². The minimum absolute atomic E-state index is 0.172. The average Bonchev–Trinajstić information content (AvgIpc) is 3.27. The van der Waals surface area contributed by atoms with Gasteiger partial charge >= 0.3 is 17.8 Å². The Bertz CT molecular complexity index is 1270. The van der Waals surface area contributed by atoms with Gasteiger partial charge in [0.1, 0.15) is 0 Å². The zero-order valence-electron chi connectivity index (χ0n) is 16.1. The van der Waals surface area contributed by atoms with Gasteiger partial charge in [-0.05, 0) is 43.7 Å². The lowest BCUT2D eigenvalue weighted by Crippen LogP contribution is -2.44. The van der Waals surface area contributed by atoms with Crippen LogP contribution in [0, 0.1) is 13.8 Å². The Morgan fingerprint density at radius 2 is 1.93 bits per heavy atom. The summed E-state index contributed by atoms with van der Waals surface area (Å²) in [5.41, 5.74) is 8.42. The van der Waals surface area contributed by atoms with Crippen LogP contribution in [0.3, 0.4) is 0 Å². The van der Waals surface area contributed by atoms with Gasteiger partial charge < -0.3 is 10.2 Å². The molecule has 0 bridgehead atoms. The maximum absolute atomic E-state index is 12.8. The number of aryl methyl sites for hydroxylation is 3. The number of nitrogens with two attached hydrogens (primary N) is 1. The fourth-order valence-electron chi connectivity index (χ4n) is 3.39. The van der Waals surface area contributed by atoms with E-state index < -0.39 is 24.8 Å². The lowest BCUT2D eigenvalue weighted by atomic mass is 10.0. The van der Waals surface area contributed by atoms with Crippen LogP contribution in [0.15, 0.2) is 39.7 Å². The van der Waals surface area contributed by atoms with E-state index in [0.29, 0.717) is 22.6 Å². The van der Waals surface area contributed by atoms with Crippen LogP contribution in [-0.2, 0) is 6.54 Å². The summed E-state index contributed by atoms with van der Waals surface area (Å²) < 4.78 is 45.5. The maximum Gasteiger partial charge on any atom is 0.428 e. The largest absolute Gasteiger partial charge is 0.462 e. The van der Waals surface area contributed by atoms with Crippen molar-refractivity contribution in [2.45, 2.75) is 33.0 Å². The van der Waals surface area contributed by atoms with Crippen molar-refractivity contribution < 1.29 is 22.0 Å². The molecule has 3 N–H and O–H groups in total. The second-order valence-corrected chi connectivity index (χ2v) is 6.90. The number of anilines is 1. The maximum atomic E-state index is 12.8. The van der Waals surface area contributed by atoms with Gasteiger partial charge in [-0.15, -0.1) is 9.38 Å². The van der Waals surface area contributed by atoms with Crippen LogP contribution in [0.25, 0.3) is 28.2 Å². The van der Waals surface area contributed by atoms with Crippen LogP contribution in [0.4, 0.5) is 19.1 Å². The normalized spacial score (nSPS) is 12.0. The molecule has 156 valence electrons. The zero-order chi connectivity index (χ0) is 21.6. The average molecular weight is 419 g/mol. The highest BCUT2D eigenvalue weighted by molar-refractivity contribution is 5.87. The summed E-state index contributed by atoms with van der Waals surface area (Å²) in [7, 11) is 0. The Labute approximate surface area is 167 Å². The van der Waals surface area contributed by atoms with Gasteiger partial charge in [-0.25, -0.2) is 9.89 Å². The molecule has 0 atom stereocenters. The van der Waals surface area contributed by atoms with E-state index in [1.807, 2.05) is 13.8 Å². The number of alkyl halides is 3. The highest BCUT2D eigenvalue weighted by Crippen LogP contribution is 2.33. The number of pyridine rings is 1. The van der Waals surface area contributed by atoms with E-state index in [1.165, 1.54) is 6.26 Å². The van der Waals surface area contributed by atoms with Gasteiger partial charge in [0.2, 0.25) is 5.65 Å². The van der Waals surface area contributed by atoms with Crippen LogP contribution in [0.1, 0.15) is 17.8 Å². The molecule has 0 radical (unpaired) electrons. The van der Waals surface area contributed by atoms with Gasteiger partial charge in [0.25, 0.3) is 0 Å². The SMILES string of the molecule is Cc1cc(-c2c(-c3ccco3)nc(N)[n+]3c(=O)n(CCC(F)(F)F)[nH]c23)cc(C)n1. The summed E-state index contributed by atoms with van der Waals surface area (Å²) in [6.07, 6.45) is -4.11. The number of nitrogen functional groups attached to an aromatic ring is 1. The molecular weight excluding hydrogens is 401 g/mol. The molecule has 4 rings (SSSR count). The fraction of sp³-hybridized carbons (Fsp3) is 0.263. The fourth-order valence-corrected chi connectivity index (χ4v) is 3.39. The first-order valence-electron chi connectivity index (χ1n) is 9.04. The Kier molecular flexibility index (Phi) is 4.60. The van der Waals surface area contributed by atoms with E-state index in [-0.39, 0.29) is 11.6 Å². The number of aromatic nitrogens is 5. The van der Waals surface area contributed by atoms with Crippen LogP contribution in [-0.4, -0.2) is 25.9 Å². The van der Waals surface area contributed by atoms with E-state index in [4.69, 9.17) is 10.2 Å². The summed E-state index contributed by atoms with van der Waals surface area (Å²) in [5.74, 6) is 0.227. The van der Waals surface area contributed by atoms with Crippen molar-refractivity contribution >= 4 is 11.6 Å². The molecule has 4 heterocycles. The van der Waals surface area contributed by atoms with Crippen LogP contribution < -0.4 is 15.8 Å². The molecule has 0 aliphatic heterocycles. The molecule has 0 fully saturated rings. The molecule has 0 spiro atoms. The van der Waals surface area contributed by atoms with Crippen molar-refractivity contribution in [2.75, 3.05) is 5.73 Å². The number of furan rings is 1. The first kappa shape index (κ1) is 19.7. The standard InChI is InChI=1S/C19H17F3N6O2/c1-10-8-12(9-11(2)24-10)14-15(13-4-3-7-30-13)25-17(23)28-16(14)26-27(18(28)29)6-5-19(20,21)22/h3-4,7-9H,5-6H2,1-2H3,(H2,23,24,25,26)/p+1. The molecule has 0 aliphatic carbocycles. The summed E-state index contributed by atoms with van der Waals surface area (Å²) in [6, 6.07) is 6.94. The smallest absolute Gasteiger partial charge is 0.428 e. The number of nitrogens with zero attached hydrogens (tertiary/aromatic N) is 4. The lowest BCUT2D eigenvalue weighted by Gasteiger charge is -2.08. The predicted octanol–water partition coefficient (Wildman–Crippen LogP) is 2.78. The molecule has 0 amide bonds. The van der Waals surface area contributed by atoms with Gasteiger partial charge in [0.05, 0.1) is 24.8 Å². The van der Waals surface area contributed by atoms with E-state index in [9.17, 15) is 18.0 Å².